The first kappa shape index (κ1) is 12.8. The van der Waals surface area contributed by atoms with E-state index in [9.17, 15) is 9.18 Å². The van der Waals surface area contributed by atoms with Gasteiger partial charge in [-0.25, -0.2) is 9.18 Å². The van der Waals surface area contributed by atoms with E-state index in [0.29, 0.717) is 0 Å². The van der Waals surface area contributed by atoms with Crippen LogP contribution < -0.4 is 10.1 Å². The van der Waals surface area contributed by atoms with Crippen LogP contribution in [0.25, 0.3) is 0 Å². The fourth-order valence-corrected chi connectivity index (χ4v) is 1.10. The fraction of sp³-hybridized carbons (Fsp3) is 0.364. The van der Waals surface area contributed by atoms with Crippen molar-refractivity contribution in [3.05, 3.63) is 29.0 Å². The van der Waals surface area contributed by atoms with Gasteiger partial charge in [-0.3, -0.25) is 0 Å². The number of amides is 1. The summed E-state index contributed by atoms with van der Waals surface area (Å²) in [5.74, 6) is -0.508. The van der Waals surface area contributed by atoms with Crippen LogP contribution in [0.3, 0.4) is 0 Å². The number of hydrogen-bond acceptors (Lipinski definition) is 2. The van der Waals surface area contributed by atoms with E-state index >= 15 is 0 Å². The van der Waals surface area contributed by atoms with Gasteiger partial charge < -0.3 is 10.1 Å². The summed E-state index contributed by atoms with van der Waals surface area (Å²) < 4.78 is 17.9. The minimum atomic E-state index is -0.630. The van der Waals surface area contributed by atoms with Crippen molar-refractivity contribution in [2.75, 3.05) is 0 Å². The molecule has 16 heavy (non-hydrogen) atoms. The molecule has 1 N–H and O–H groups in total. The minimum Gasteiger partial charge on any atom is -0.410 e. The van der Waals surface area contributed by atoms with Gasteiger partial charge in [0.15, 0.2) is 0 Å². The van der Waals surface area contributed by atoms with Gasteiger partial charge in [-0.05, 0) is 32.9 Å². The van der Waals surface area contributed by atoms with Crippen molar-refractivity contribution in [1.29, 1.82) is 0 Å². The summed E-state index contributed by atoms with van der Waals surface area (Å²) in [5, 5.41) is 2.57. The molecule has 1 aromatic rings. The van der Waals surface area contributed by atoms with E-state index < -0.39 is 17.4 Å². The van der Waals surface area contributed by atoms with Crippen molar-refractivity contribution in [2.45, 2.75) is 26.3 Å². The SMILES string of the molecule is CC(C)(C)NC(=O)Oc1ccc(Cl)c(F)c1. The van der Waals surface area contributed by atoms with E-state index in [4.69, 9.17) is 16.3 Å². The Hall–Kier alpha value is -1.29. The fourth-order valence-electron chi connectivity index (χ4n) is 0.979. The second kappa shape index (κ2) is 4.70. The number of halogens is 2. The maximum atomic E-state index is 13.0. The van der Waals surface area contributed by atoms with E-state index in [1.165, 1.54) is 12.1 Å². The van der Waals surface area contributed by atoms with Gasteiger partial charge in [0.05, 0.1) is 5.02 Å². The molecule has 0 radical (unpaired) electrons. The monoisotopic (exact) mass is 245 g/mol. The lowest BCUT2D eigenvalue weighted by Crippen LogP contribution is -2.42. The van der Waals surface area contributed by atoms with Gasteiger partial charge in [0, 0.05) is 11.6 Å². The summed E-state index contributed by atoms with van der Waals surface area (Å²) >= 11 is 5.49. The Morgan fingerprint density at radius 1 is 1.44 bits per heavy atom. The molecule has 88 valence electrons. The maximum absolute atomic E-state index is 13.0. The van der Waals surface area contributed by atoms with Gasteiger partial charge in [-0.2, -0.15) is 0 Å². The summed E-state index contributed by atoms with van der Waals surface area (Å²) in [4.78, 5) is 11.3. The lowest BCUT2D eigenvalue weighted by molar-refractivity contribution is 0.190. The molecule has 0 spiro atoms. The Kier molecular flexibility index (Phi) is 3.75. The van der Waals surface area contributed by atoms with Crippen LogP contribution in [-0.2, 0) is 0 Å². The van der Waals surface area contributed by atoms with Crippen molar-refractivity contribution >= 4 is 17.7 Å². The summed E-state index contributed by atoms with van der Waals surface area (Å²) in [6.07, 6.45) is -0.630. The lowest BCUT2D eigenvalue weighted by atomic mass is 10.1. The van der Waals surface area contributed by atoms with Crippen LogP contribution in [0.15, 0.2) is 18.2 Å². The third kappa shape index (κ3) is 4.06. The van der Waals surface area contributed by atoms with Crippen LogP contribution in [0.4, 0.5) is 9.18 Å². The van der Waals surface area contributed by atoms with Crippen LogP contribution in [0.1, 0.15) is 20.8 Å². The Labute approximate surface area is 98.5 Å². The van der Waals surface area contributed by atoms with Crippen LogP contribution in [0.5, 0.6) is 5.75 Å². The van der Waals surface area contributed by atoms with E-state index in [-0.39, 0.29) is 10.8 Å². The molecule has 0 atom stereocenters. The van der Waals surface area contributed by atoms with Crippen LogP contribution in [0.2, 0.25) is 5.02 Å². The zero-order valence-corrected chi connectivity index (χ0v) is 10.1. The van der Waals surface area contributed by atoms with Gasteiger partial charge >= 0.3 is 6.09 Å². The first-order chi connectivity index (χ1) is 7.28. The molecule has 0 heterocycles. The van der Waals surface area contributed by atoms with Crippen molar-refractivity contribution in [3.63, 3.8) is 0 Å². The Balaban J connectivity index is 2.67. The largest absolute Gasteiger partial charge is 0.413 e. The number of hydrogen-bond donors (Lipinski definition) is 1. The summed E-state index contributed by atoms with van der Waals surface area (Å²) in [6.45, 7) is 5.45. The van der Waals surface area contributed by atoms with Gasteiger partial charge in [0.25, 0.3) is 0 Å². The highest BCUT2D eigenvalue weighted by Gasteiger charge is 2.15. The molecule has 5 heteroatoms. The maximum Gasteiger partial charge on any atom is 0.413 e. The minimum absolute atomic E-state index is 0.0106. The predicted octanol–water partition coefficient (Wildman–Crippen LogP) is 3.37. The Morgan fingerprint density at radius 3 is 2.56 bits per heavy atom. The van der Waals surface area contributed by atoms with Gasteiger partial charge in [-0.15, -0.1) is 0 Å². The molecule has 3 nitrogen and oxygen atoms in total. The molecule has 0 aromatic heterocycles. The van der Waals surface area contributed by atoms with Gasteiger partial charge in [0.2, 0.25) is 0 Å². The molecule has 0 aliphatic rings. The van der Waals surface area contributed by atoms with Crippen molar-refractivity contribution < 1.29 is 13.9 Å². The van der Waals surface area contributed by atoms with Gasteiger partial charge in [0.1, 0.15) is 11.6 Å². The van der Waals surface area contributed by atoms with E-state index in [1.54, 1.807) is 0 Å². The lowest BCUT2D eigenvalue weighted by Gasteiger charge is -2.19. The Morgan fingerprint density at radius 2 is 2.06 bits per heavy atom. The van der Waals surface area contributed by atoms with Crippen molar-refractivity contribution in [1.82, 2.24) is 5.32 Å². The van der Waals surface area contributed by atoms with E-state index in [2.05, 4.69) is 5.32 Å². The molecular weight excluding hydrogens is 233 g/mol. The van der Waals surface area contributed by atoms with Crippen LogP contribution in [0, 0.1) is 5.82 Å². The zero-order chi connectivity index (χ0) is 12.3. The quantitative estimate of drug-likeness (QED) is 0.824. The van der Waals surface area contributed by atoms with Crippen LogP contribution >= 0.6 is 11.6 Å². The molecule has 0 aliphatic carbocycles. The van der Waals surface area contributed by atoms with Crippen molar-refractivity contribution in [3.8, 4) is 5.75 Å². The molecule has 1 amide bonds. The molecule has 1 aromatic carbocycles. The first-order valence-electron chi connectivity index (χ1n) is 4.73. The number of carbonyl (C=O) groups excluding carboxylic acids is 1. The normalized spacial score (nSPS) is 11.1. The highest BCUT2D eigenvalue weighted by molar-refractivity contribution is 6.30. The van der Waals surface area contributed by atoms with Crippen molar-refractivity contribution in [2.24, 2.45) is 0 Å². The third-order valence-corrected chi connectivity index (χ3v) is 1.89. The number of carbonyl (C=O) groups is 1. The zero-order valence-electron chi connectivity index (χ0n) is 9.30. The molecule has 0 saturated carbocycles. The molecule has 0 fully saturated rings. The second-order valence-electron chi connectivity index (χ2n) is 4.34. The number of nitrogens with one attached hydrogen (secondary N) is 1. The highest BCUT2D eigenvalue weighted by Crippen LogP contribution is 2.20. The average Bonchev–Trinajstić information content (AvgIpc) is 2.08. The van der Waals surface area contributed by atoms with Gasteiger partial charge in [-0.1, -0.05) is 11.6 Å². The molecule has 0 saturated heterocycles. The second-order valence-corrected chi connectivity index (χ2v) is 4.75. The molecule has 0 aliphatic heterocycles. The summed E-state index contributed by atoms with van der Waals surface area (Å²) in [5.41, 5.74) is -0.401. The molecule has 1 rings (SSSR count). The molecular formula is C11H13ClFNO2. The molecule has 0 unspecified atom stereocenters. The number of rotatable bonds is 1. The highest BCUT2D eigenvalue weighted by atomic mass is 35.5. The number of benzene rings is 1. The first-order valence-corrected chi connectivity index (χ1v) is 5.11. The van der Waals surface area contributed by atoms with E-state index in [1.807, 2.05) is 20.8 Å². The summed E-state index contributed by atoms with van der Waals surface area (Å²) in [7, 11) is 0. The van der Waals surface area contributed by atoms with Crippen LogP contribution in [-0.4, -0.2) is 11.6 Å². The summed E-state index contributed by atoms with van der Waals surface area (Å²) in [6, 6.07) is 3.81. The average molecular weight is 246 g/mol. The smallest absolute Gasteiger partial charge is 0.410 e. The number of ether oxygens (including phenoxy) is 1. The standard InChI is InChI=1S/C11H13ClFNO2/c1-11(2,3)14-10(15)16-7-4-5-8(12)9(13)6-7/h4-6H,1-3H3,(H,14,15). The molecule has 0 bridgehead atoms. The van der Waals surface area contributed by atoms with E-state index in [0.717, 1.165) is 6.07 Å². The Bertz CT molecular complexity index is 401. The predicted molar refractivity (Wildman–Crippen MR) is 60.3 cm³/mol. The topological polar surface area (TPSA) is 38.3 Å². The third-order valence-electron chi connectivity index (χ3n) is 1.58.